The van der Waals surface area contributed by atoms with Crippen LogP contribution in [0.3, 0.4) is 0 Å². The first kappa shape index (κ1) is 18.1. The quantitative estimate of drug-likeness (QED) is 0.758. The van der Waals surface area contributed by atoms with E-state index in [-0.39, 0.29) is 12.1 Å². The highest BCUT2D eigenvalue weighted by atomic mass is 32.2. The van der Waals surface area contributed by atoms with Crippen molar-refractivity contribution in [3.63, 3.8) is 0 Å². The van der Waals surface area contributed by atoms with Crippen molar-refractivity contribution in [3.05, 3.63) is 30.3 Å². The molecule has 3 N–H and O–H groups in total. The van der Waals surface area contributed by atoms with E-state index in [1.807, 2.05) is 6.92 Å². The minimum atomic E-state index is -3.45. The molecule has 1 aromatic carbocycles. The Morgan fingerprint density at radius 1 is 1.19 bits per heavy atom. The van der Waals surface area contributed by atoms with E-state index in [2.05, 4.69) is 19.2 Å². The second kappa shape index (κ2) is 7.89. The fraction of sp³-hybridized carbons (Fsp3) is 0.600. The summed E-state index contributed by atoms with van der Waals surface area (Å²) in [5, 5.41) is 3.34. The van der Waals surface area contributed by atoms with Gasteiger partial charge in [0, 0.05) is 32.2 Å². The van der Waals surface area contributed by atoms with Crippen LogP contribution in [0.25, 0.3) is 0 Å². The van der Waals surface area contributed by atoms with Crippen LogP contribution < -0.4 is 11.1 Å². The van der Waals surface area contributed by atoms with Crippen molar-refractivity contribution in [2.24, 2.45) is 11.7 Å². The molecule has 0 unspecified atom stereocenters. The molecule has 0 saturated heterocycles. The summed E-state index contributed by atoms with van der Waals surface area (Å²) in [7, 11) is -1.84. The average Bonchev–Trinajstić information content (AvgIpc) is 2.47. The second-order valence-corrected chi connectivity index (χ2v) is 7.68. The maximum atomic E-state index is 12.5. The third-order valence-corrected chi connectivity index (χ3v) is 5.76. The van der Waals surface area contributed by atoms with Crippen molar-refractivity contribution in [3.8, 4) is 0 Å². The van der Waals surface area contributed by atoms with Crippen LogP contribution in [0.1, 0.15) is 20.8 Å². The molecule has 0 aliphatic heterocycles. The van der Waals surface area contributed by atoms with Crippen molar-refractivity contribution < 1.29 is 8.42 Å². The maximum Gasteiger partial charge on any atom is 0.243 e. The lowest BCUT2D eigenvalue weighted by molar-refractivity contribution is 0.331. The maximum absolute atomic E-state index is 12.5. The van der Waals surface area contributed by atoms with Gasteiger partial charge >= 0.3 is 0 Å². The van der Waals surface area contributed by atoms with Crippen molar-refractivity contribution in [2.75, 3.05) is 20.1 Å². The number of rotatable bonds is 8. The average molecular weight is 313 g/mol. The number of benzene rings is 1. The Bertz CT molecular complexity index is 517. The van der Waals surface area contributed by atoms with E-state index in [1.165, 1.54) is 4.31 Å². The molecule has 0 bridgehead atoms. The number of nitrogens with two attached hydrogens (primary N) is 1. The highest BCUT2D eigenvalue weighted by Crippen LogP contribution is 2.15. The molecule has 0 radical (unpaired) electrons. The Balaban J connectivity index is 2.72. The van der Waals surface area contributed by atoms with Crippen LogP contribution in [-0.2, 0) is 10.0 Å². The van der Waals surface area contributed by atoms with Crippen LogP contribution >= 0.6 is 0 Å². The SMILES string of the molecule is CC(C)[C@@H](CN)NC[C@H](C)N(C)S(=O)(=O)c1ccccc1. The van der Waals surface area contributed by atoms with Gasteiger partial charge in [0.25, 0.3) is 0 Å². The van der Waals surface area contributed by atoms with Gasteiger partial charge in [-0.05, 0) is 25.0 Å². The molecule has 0 aliphatic rings. The third-order valence-electron chi connectivity index (χ3n) is 3.78. The number of nitrogens with one attached hydrogen (secondary N) is 1. The monoisotopic (exact) mass is 313 g/mol. The number of hydrogen-bond donors (Lipinski definition) is 2. The van der Waals surface area contributed by atoms with Gasteiger partial charge in [0.1, 0.15) is 0 Å². The molecule has 6 heteroatoms. The molecule has 0 fully saturated rings. The summed E-state index contributed by atoms with van der Waals surface area (Å²) in [5.74, 6) is 0.415. The molecular formula is C15H27N3O2S. The van der Waals surface area contributed by atoms with Crippen LogP contribution in [0, 0.1) is 5.92 Å². The molecular weight excluding hydrogens is 286 g/mol. The molecule has 1 aromatic rings. The van der Waals surface area contributed by atoms with Crippen molar-refractivity contribution >= 4 is 10.0 Å². The Hall–Kier alpha value is -0.950. The fourth-order valence-corrected chi connectivity index (χ4v) is 3.42. The van der Waals surface area contributed by atoms with Crippen LogP contribution in [0.15, 0.2) is 35.2 Å². The molecule has 0 heterocycles. The molecule has 0 aliphatic carbocycles. The fourth-order valence-electron chi connectivity index (χ4n) is 2.04. The summed E-state index contributed by atoms with van der Waals surface area (Å²) in [5.41, 5.74) is 5.72. The van der Waals surface area contributed by atoms with Gasteiger partial charge < -0.3 is 11.1 Å². The summed E-state index contributed by atoms with van der Waals surface area (Å²) >= 11 is 0. The standard InChI is InChI=1S/C15H27N3O2S/c1-12(2)15(10-16)17-11-13(3)18(4)21(19,20)14-8-6-5-7-9-14/h5-9,12-13,15,17H,10-11,16H2,1-4H3/t13-,15+/m0/s1. The summed E-state index contributed by atoms with van der Waals surface area (Å²) in [6.45, 7) is 7.20. The zero-order valence-electron chi connectivity index (χ0n) is 13.3. The van der Waals surface area contributed by atoms with E-state index in [0.29, 0.717) is 23.9 Å². The normalized spacial score (nSPS) is 15.4. The van der Waals surface area contributed by atoms with Gasteiger partial charge in [-0.3, -0.25) is 0 Å². The van der Waals surface area contributed by atoms with E-state index in [1.54, 1.807) is 37.4 Å². The van der Waals surface area contributed by atoms with Gasteiger partial charge in [0.2, 0.25) is 10.0 Å². The first-order valence-corrected chi connectivity index (χ1v) is 8.71. The van der Waals surface area contributed by atoms with E-state index in [9.17, 15) is 8.42 Å². The van der Waals surface area contributed by atoms with Crippen LogP contribution in [-0.4, -0.2) is 44.9 Å². The summed E-state index contributed by atoms with van der Waals surface area (Å²) < 4.78 is 26.4. The highest BCUT2D eigenvalue weighted by Gasteiger charge is 2.25. The van der Waals surface area contributed by atoms with Gasteiger partial charge in [0.15, 0.2) is 0 Å². The third kappa shape index (κ3) is 4.78. The van der Waals surface area contributed by atoms with Crippen molar-refractivity contribution in [2.45, 2.75) is 37.8 Å². The van der Waals surface area contributed by atoms with Crippen molar-refractivity contribution in [1.29, 1.82) is 0 Å². The minimum Gasteiger partial charge on any atom is -0.329 e. The molecule has 0 amide bonds. The number of hydrogen-bond acceptors (Lipinski definition) is 4. The minimum absolute atomic E-state index is 0.150. The van der Waals surface area contributed by atoms with Gasteiger partial charge in [0.05, 0.1) is 4.90 Å². The number of sulfonamides is 1. The largest absolute Gasteiger partial charge is 0.329 e. The smallest absolute Gasteiger partial charge is 0.243 e. The predicted molar refractivity (Wildman–Crippen MR) is 86.5 cm³/mol. The number of nitrogens with zero attached hydrogens (tertiary/aromatic N) is 1. The summed E-state index contributed by atoms with van der Waals surface area (Å²) in [6.07, 6.45) is 0. The molecule has 5 nitrogen and oxygen atoms in total. The van der Waals surface area contributed by atoms with Gasteiger partial charge in [-0.1, -0.05) is 32.0 Å². The van der Waals surface area contributed by atoms with Gasteiger partial charge in [-0.25, -0.2) is 8.42 Å². The Kier molecular flexibility index (Phi) is 6.80. The Morgan fingerprint density at radius 2 is 1.76 bits per heavy atom. The lowest BCUT2D eigenvalue weighted by atomic mass is 10.0. The lowest BCUT2D eigenvalue weighted by Crippen LogP contribution is -2.47. The zero-order chi connectivity index (χ0) is 16.0. The van der Waals surface area contributed by atoms with Crippen LogP contribution in [0.2, 0.25) is 0 Å². The second-order valence-electron chi connectivity index (χ2n) is 5.68. The Morgan fingerprint density at radius 3 is 2.24 bits per heavy atom. The molecule has 0 spiro atoms. The summed E-state index contributed by atoms with van der Waals surface area (Å²) in [4.78, 5) is 0.318. The lowest BCUT2D eigenvalue weighted by Gasteiger charge is -2.28. The Labute approximate surface area is 128 Å². The van der Waals surface area contributed by atoms with E-state index in [0.717, 1.165) is 0 Å². The van der Waals surface area contributed by atoms with Crippen molar-refractivity contribution in [1.82, 2.24) is 9.62 Å². The van der Waals surface area contributed by atoms with Crippen LogP contribution in [0.4, 0.5) is 0 Å². The topological polar surface area (TPSA) is 75.4 Å². The molecule has 0 aromatic heterocycles. The van der Waals surface area contributed by atoms with E-state index < -0.39 is 10.0 Å². The first-order valence-electron chi connectivity index (χ1n) is 7.27. The predicted octanol–water partition coefficient (Wildman–Crippen LogP) is 1.27. The van der Waals surface area contributed by atoms with Gasteiger partial charge in [-0.15, -0.1) is 0 Å². The number of likely N-dealkylation sites (N-methyl/N-ethyl adjacent to an activating group) is 1. The molecule has 1 rings (SSSR count). The molecule has 0 saturated carbocycles. The highest BCUT2D eigenvalue weighted by molar-refractivity contribution is 7.89. The summed E-state index contributed by atoms with van der Waals surface area (Å²) in [6, 6.07) is 8.53. The zero-order valence-corrected chi connectivity index (χ0v) is 14.1. The van der Waals surface area contributed by atoms with Gasteiger partial charge in [-0.2, -0.15) is 4.31 Å². The molecule has 2 atom stereocenters. The molecule has 21 heavy (non-hydrogen) atoms. The van der Waals surface area contributed by atoms with E-state index in [4.69, 9.17) is 5.73 Å². The first-order chi connectivity index (χ1) is 9.80. The molecule has 120 valence electrons. The van der Waals surface area contributed by atoms with E-state index >= 15 is 0 Å². The van der Waals surface area contributed by atoms with Crippen LogP contribution in [0.5, 0.6) is 0 Å².